The van der Waals surface area contributed by atoms with Crippen LogP contribution in [0, 0.1) is 0 Å². The number of aromatic nitrogens is 1. The van der Waals surface area contributed by atoms with E-state index < -0.39 is 11.9 Å². The molecule has 3 rings (SSSR count). The van der Waals surface area contributed by atoms with Crippen molar-refractivity contribution in [3.63, 3.8) is 0 Å². The highest BCUT2D eigenvalue weighted by Gasteiger charge is 2.19. The lowest BCUT2D eigenvalue weighted by Gasteiger charge is -2.26. The summed E-state index contributed by atoms with van der Waals surface area (Å²) in [5.74, 6) is -1.73. The molecule has 1 fully saturated rings. The summed E-state index contributed by atoms with van der Waals surface area (Å²) >= 11 is 0. The van der Waals surface area contributed by atoms with E-state index in [2.05, 4.69) is 9.98 Å². The number of morpholine rings is 1. The lowest BCUT2D eigenvalue weighted by molar-refractivity contribution is -0.138. The molecule has 1 aromatic carbocycles. The van der Waals surface area contributed by atoms with Crippen molar-refractivity contribution in [3.05, 3.63) is 53.7 Å². The van der Waals surface area contributed by atoms with E-state index >= 15 is 0 Å². The molecule has 11 heteroatoms. The Labute approximate surface area is 177 Å². The van der Waals surface area contributed by atoms with Crippen LogP contribution in [0.15, 0.2) is 47.6 Å². The number of carbonyl (C=O) groups excluding carboxylic acids is 3. The summed E-state index contributed by atoms with van der Waals surface area (Å²) in [7, 11) is 0. The van der Waals surface area contributed by atoms with Crippen LogP contribution in [-0.4, -0.2) is 66.6 Å². The number of esters is 2. The maximum absolute atomic E-state index is 12.2. The molecule has 0 spiro atoms. The van der Waals surface area contributed by atoms with E-state index in [1.165, 1.54) is 30.5 Å². The van der Waals surface area contributed by atoms with Gasteiger partial charge in [0.25, 0.3) is 5.91 Å². The highest BCUT2D eigenvalue weighted by molar-refractivity contribution is 5.92. The maximum atomic E-state index is 12.2. The molecule has 0 unspecified atom stereocenters. The second-order valence-corrected chi connectivity index (χ2v) is 6.43. The van der Waals surface area contributed by atoms with Crippen molar-refractivity contribution in [3.8, 4) is 5.88 Å². The number of ether oxygens (including phenoxy) is 3. The standard InChI is InChI=1S/C20H21N5O6/c21-20(22)24-15-4-1-13(2-5-15)19(28)31-16-6-3-14(11-23-16)18(27)30-12-17(26)25-7-9-29-10-8-25/h1-6,11H,7-10,12H2,(H4,21,22,24). The molecule has 4 N–H and O–H groups in total. The molecular formula is C20H21N5O6. The van der Waals surface area contributed by atoms with E-state index in [0.29, 0.717) is 32.0 Å². The first-order chi connectivity index (χ1) is 14.9. The Hall–Kier alpha value is -3.99. The smallest absolute Gasteiger partial charge is 0.344 e. The number of hydrogen-bond donors (Lipinski definition) is 2. The minimum absolute atomic E-state index is 0.000701. The number of rotatable bonds is 6. The van der Waals surface area contributed by atoms with E-state index in [1.54, 1.807) is 17.0 Å². The molecular weight excluding hydrogens is 406 g/mol. The molecule has 0 atom stereocenters. The van der Waals surface area contributed by atoms with Crippen LogP contribution >= 0.6 is 0 Å². The minimum Gasteiger partial charge on any atom is -0.452 e. The number of amides is 1. The average Bonchev–Trinajstić information content (AvgIpc) is 2.78. The number of carbonyl (C=O) groups is 3. The SMILES string of the molecule is NC(N)=Nc1ccc(C(=O)Oc2ccc(C(=O)OCC(=O)N3CCOCC3)cn2)cc1. The van der Waals surface area contributed by atoms with Crippen molar-refractivity contribution in [2.24, 2.45) is 16.5 Å². The fourth-order valence-electron chi connectivity index (χ4n) is 2.65. The van der Waals surface area contributed by atoms with E-state index in [9.17, 15) is 14.4 Å². The normalized spacial score (nSPS) is 13.2. The molecule has 0 aliphatic carbocycles. The van der Waals surface area contributed by atoms with E-state index in [0.717, 1.165) is 0 Å². The molecule has 1 aromatic heterocycles. The van der Waals surface area contributed by atoms with Crippen molar-refractivity contribution in [2.45, 2.75) is 0 Å². The molecule has 11 nitrogen and oxygen atoms in total. The lowest BCUT2D eigenvalue weighted by atomic mass is 10.2. The molecule has 1 aliphatic heterocycles. The largest absolute Gasteiger partial charge is 0.452 e. The van der Waals surface area contributed by atoms with Crippen LogP contribution in [0.5, 0.6) is 5.88 Å². The first-order valence-corrected chi connectivity index (χ1v) is 9.33. The fourth-order valence-corrected chi connectivity index (χ4v) is 2.65. The van der Waals surface area contributed by atoms with Gasteiger partial charge in [-0.2, -0.15) is 0 Å². The van der Waals surface area contributed by atoms with Gasteiger partial charge < -0.3 is 30.6 Å². The van der Waals surface area contributed by atoms with Crippen LogP contribution in [0.2, 0.25) is 0 Å². The van der Waals surface area contributed by atoms with Crippen molar-refractivity contribution < 1.29 is 28.6 Å². The second kappa shape index (κ2) is 10.2. The van der Waals surface area contributed by atoms with E-state index in [1.807, 2.05) is 0 Å². The zero-order valence-corrected chi connectivity index (χ0v) is 16.5. The zero-order valence-electron chi connectivity index (χ0n) is 16.5. The van der Waals surface area contributed by atoms with Gasteiger partial charge in [-0.3, -0.25) is 4.79 Å². The molecule has 0 radical (unpaired) electrons. The van der Waals surface area contributed by atoms with Crippen LogP contribution in [0.4, 0.5) is 5.69 Å². The predicted octanol–water partition coefficient (Wildman–Crippen LogP) is 0.221. The summed E-state index contributed by atoms with van der Waals surface area (Å²) in [6.45, 7) is 1.49. The van der Waals surface area contributed by atoms with Crippen LogP contribution in [0.25, 0.3) is 0 Å². The lowest BCUT2D eigenvalue weighted by Crippen LogP contribution is -2.42. The third-order valence-corrected chi connectivity index (χ3v) is 4.22. The number of nitrogens with zero attached hydrogens (tertiary/aromatic N) is 3. The van der Waals surface area contributed by atoms with Gasteiger partial charge in [-0.25, -0.2) is 19.6 Å². The van der Waals surface area contributed by atoms with Gasteiger partial charge in [-0.15, -0.1) is 0 Å². The molecule has 31 heavy (non-hydrogen) atoms. The zero-order chi connectivity index (χ0) is 22.2. The van der Waals surface area contributed by atoms with Crippen molar-refractivity contribution in [2.75, 3.05) is 32.9 Å². The number of aliphatic imine (C=N–C) groups is 1. The molecule has 1 saturated heterocycles. The summed E-state index contributed by atoms with van der Waals surface area (Å²) in [5, 5.41) is 0. The highest BCUT2D eigenvalue weighted by atomic mass is 16.5. The maximum Gasteiger partial charge on any atom is 0.344 e. The third-order valence-electron chi connectivity index (χ3n) is 4.22. The summed E-state index contributed by atoms with van der Waals surface area (Å²) in [4.78, 5) is 45.7. The molecule has 0 saturated carbocycles. The monoisotopic (exact) mass is 427 g/mol. The average molecular weight is 427 g/mol. The predicted molar refractivity (Wildman–Crippen MR) is 109 cm³/mol. The fraction of sp³-hybridized carbons (Fsp3) is 0.250. The quantitative estimate of drug-likeness (QED) is 0.373. The Bertz CT molecular complexity index is 965. The van der Waals surface area contributed by atoms with Crippen molar-refractivity contribution in [1.29, 1.82) is 0 Å². The molecule has 2 heterocycles. The molecule has 1 aliphatic rings. The highest BCUT2D eigenvalue weighted by Crippen LogP contribution is 2.15. The minimum atomic E-state index is -0.706. The number of nitrogens with two attached hydrogens (primary N) is 2. The number of benzene rings is 1. The molecule has 2 aromatic rings. The summed E-state index contributed by atoms with van der Waals surface area (Å²) in [6, 6.07) is 8.86. The van der Waals surface area contributed by atoms with Gasteiger partial charge in [0.2, 0.25) is 5.88 Å². The number of hydrogen-bond acceptors (Lipinski definition) is 8. The molecule has 0 bridgehead atoms. The Morgan fingerprint density at radius 3 is 2.29 bits per heavy atom. The third kappa shape index (κ3) is 6.24. The van der Waals surface area contributed by atoms with E-state index in [4.69, 9.17) is 25.7 Å². The van der Waals surface area contributed by atoms with E-state index in [-0.39, 0.29) is 35.5 Å². The van der Waals surface area contributed by atoms with Crippen LogP contribution < -0.4 is 16.2 Å². The Balaban J connectivity index is 1.52. The first-order valence-electron chi connectivity index (χ1n) is 9.33. The Morgan fingerprint density at radius 1 is 1.00 bits per heavy atom. The first kappa shape index (κ1) is 21.7. The van der Waals surface area contributed by atoms with Crippen molar-refractivity contribution in [1.82, 2.24) is 9.88 Å². The summed E-state index contributed by atoms with van der Waals surface area (Å²) < 4.78 is 15.4. The Morgan fingerprint density at radius 2 is 1.68 bits per heavy atom. The van der Waals surface area contributed by atoms with Gasteiger partial charge in [0.15, 0.2) is 12.6 Å². The van der Waals surface area contributed by atoms with Crippen LogP contribution in [-0.2, 0) is 14.3 Å². The number of guanidine groups is 1. The number of pyridine rings is 1. The van der Waals surface area contributed by atoms with Crippen molar-refractivity contribution >= 4 is 29.5 Å². The van der Waals surface area contributed by atoms with Gasteiger partial charge >= 0.3 is 11.9 Å². The van der Waals surface area contributed by atoms with Gasteiger partial charge in [-0.1, -0.05) is 0 Å². The second-order valence-electron chi connectivity index (χ2n) is 6.43. The van der Waals surface area contributed by atoms with Gasteiger partial charge in [0, 0.05) is 25.4 Å². The molecule has 162 valence electrons. The van der Waals surface area contributed by atoms with Gasteiger partial charge in [0.1, 0.15) is 0 Å². The molecule has 1 amide bonds. The van der Waals surface area contributed by atoms with Crippen LogP contribution in [0.1, 0.15) is 20.7 Å². The summed E-state index contributed by atoms with van der Waals surface area (Å²) in [5.41, 5.74) is 11.5. The summed E-state index contributed by atoms with van der Waals surface area (Å²) in [6.07, 6.45) is 1.20. The topological polar surface area (TPSA) is 159 Å². The Kier molecular flexibility index (Phi) is 7.12. The van der Waals surface area contributed by atoms with Crippen LogP contribution in [0.3, 0.4) is 0 Å². The van der Waals surface area contributed by atoms with Gasteiger partial charge in [0.05, 0.1) is 30.0 Å². The van der Waals surface area contributed by atoms with Gasteiger partial charge in [-0.05, 0) is 30.3 Å².